The zero-order valence-corrected chi connectivity index (χ0v) is 12.1. The summed E-state index contributed by atoms with van der Waals surface area (Å²) in [5.41, 5.74) is 0.500. The number of aromatic nitrogens is 1. The lowest BCUT2D eigenvalue weighted by molar-refractivity contribution is -0.387. The van der Waals surface area contributed by atoms with Crippen LogP contribution in [0, 0.1) is 10.1 Å². The van der Waals surface area contributed by atoms with Crippen LogP contribution in [0.25, 0.3) is 0 Å². The second-order valence-electron chi connectivity index (χ2n) is 3.79. The van der Waals surface area contributed by atoms with Gasteiger partial charge >= 0.3 is 0 Å². The van der Waals surface area contributed by atoms with E-state index in [1.54, 1.807) is 24.4 Å². The molecule has 0 atom stereocenters. The first-order chi connectivity index (χ1) is 10.8. The molecule has 1 N–H and O–H groups in total. The fourth-order valence-electron chi connectivity index (χ4n) is 1.56. The fourth-order valence-corrected chi connectivity index (χ4v) is 2.31. The van der Waals surface area contributed by atoms with Crippen LogP contribution < -0.4 is 5.32 Å². The van der Waals surface area contributed by atoms with Crippen LogP contribution in [0.4, 0.5) is 15.8 Å². The topological polar surface area (TPSA) is 68.1 Å². The van der Waals surface area contributed by atoms with Crippen molar-refractivity contribution < 1.29 is 12.1 Å². The van der Waals surface area contributed by atoms with Crippen molar-refractivity contribution in [1.82, 2.24) is 4.98 Å². The molecule has 0 bridgehead atoms. The molecule has 0 fully saturated rings. The van der Waals surface area contributed by atoms with E-state index >= 15 is 0 Å². The van der Waals surface area contributed by atoms with Crippen LogP contribution in [-0.4, -0.2) is 20.9 Å². The van der Waals surface area contributed by atoms with E-state index in [-0.39, 0.29) is 22.3 Å². The number of rotatable bonds is 5. The minimum Gasteiger partial charge on any atom is -0.345 e. The van der Waals surface area contributed by atoms with E-state index in [0.29, 0.717) is 16.4 Å². The van der Waals surface area contributed by atoms with Crippen molar-refractivity contribution in [3.8, 4) is 0 Å². The number of hydrogen-bond donors (Lipinski definition) is 1. The molecule has 0 radical (unpaired) electrons. The molecule has 0 aliphatic heterocycles. The highest BCUT2D eigenvalue weighted by Gasteiger charge is 2.15. The summed E-state index contributed by atoms with van der Waals surface area (Å²) in [5, 5.41) is 13.8. The maximum absolute atomic E-state index is 13.2. The summed E-state index contributed by atoms with van der Waals surface area (Å²) in [4.78, 5) is 14.5. The third kappa shape index (κ3) is 3.96. The number of thioether (sulfide) groups is 1. The molecular formula is C13H10FN3O2S2. The fraction of sp³-hybridized carbons (Fsp3) is 0.0769. The zero-order chi connectivity index (χ0) is 17.0. The van der Waals surface area contributed by atoms with Gasteiger partial charge in [-0.05, 0) is 24.3 Å². The minimum absolute atomic E-state index is 0.119. The summed E-state index contributed by atoms with van der Waals surface area (Å²) in [6.45, 7) is 0. The van der Waals surface area contributed by atoms with Crippen molar-refractivity contribution in [2.24, 2.45) is 0 Å². The molecule has 0 spiro atoms. The molecule has 0 aliphatic rings. The van der Waals surface area contributed by atoms with Gasteiger partial charge in [-0.2, -0.15) is 0 Å². The maximum atomic E-state index is 13.2. The molecule has 5 nitrogen and oxygen atoms in total. The molecule has 1 aromatic carbocycles. The number of anilines is 1. The van der Waals surface area contributed by atoms with Crippen molar-refractivity contribution in [2.45, 2.75) is 4.90 Å². The van der Waals surface area contributed by atoms with Crippen LogP contribution in [0.2, 0.25) is 0 Å². The largest absolute Gasteiger partial charge is 0.345 e. The minimum atomic E-state index is -3.13. The molecular weight excluding hydrogens is 312 g/mol. The quantitative estimate of drug-likeness (QED) is 0.390. The van der Waals surface area contributed by atoms with Gasteiger partial charge in [-0.15, -0.1) is 0 Å². The number of pyridine rings is 1. The van der Waals surface area contributed by atoms with Crippen molar-refractivity contribution >= 4 is 40.3 Å². The number of benzene rings is 1. The lowest BCUT2D eigenvalue weighted by atomic mass is 10.2. The molecule has 1 heterocycles. The Hall–Kier alpha value is -2.06. The first-order valence-corrected chi connectivity index (χ1v) is 6.87. The van der Waals surface area contributed by atoms with Crippen LogP contribution in [0.3, 0.4) is 0 Å². The van der Waals surface area contributed by atoms with Gasteiger partial charge in [-0.1, -0.05) is 30.0 Å². The number of halogens is 1. The van der Waals surface area contributed by atoms with Crippen LogP contribution in [0.5, 0.6) is 0 Å². The van der Waals surface area contributed by atoms with Gasteiger partial charge in [-0.25, -0.2) is 4.39 Å². The number of nitrogens with zero attached hydrogens (tertiary/aromatic N) is 2. The molecule has 0 saturated heterocycles. The van der Waals surface area contributed by atoms with Gasteiger partial charge in [0, 0.05) is 18.0 Å². The average molecular weight is 324 g/mol. The van der Waals surface area contributed by atoms with Gasteiger partial charge in [0.05, 0.1) is 18.3 Å². The highest BCUT2D eigenvalue weighted by atomic mass is 32.2. The Bertz CT molecular complexity index is 742. The van der Waals surface area contributed by atoms with E-state index in [1.165, 1.54) is 12.1 Å². The Balaban J connectivity index is 2.28. The molecule has 8 heteroatoms. The molecule has 108 valence electrons. The van der Waals surface area contributed by atoms with Crippen LogP contribution in [-0.2, 0) is 0 Å². The van der Waals surface area contributed by atoms with Gasteiger partial charge < -0.3 is 5.32 Å². The standard InChI is InChI=1S/C13H10FN3O2S2/c14-8-21-12-7-9(4-5-11(12)17(18)19)16-13(20)10-3-1-2-6-15-10/h1-7H,8H2,(H,16,20)/i8D2,14-1. The molecule has 0 unspecified atom stereocenters. The van der Waals surface area contributed by atoms with E-state index in [4.69, 9.17) is 15.0 Å². The van der Waals surface area contributed by atoms with Crippen molar-refractivity contribution in [2.75, 3.05) is 11.3 Å². The normalized spacial score (nSPS) is 12.2. The zero-order valence-electron chi connectivity index (χ0n) is 12.4. The third-order valence-corrected chi connectivity index (χ3v) is 3.40. The number of nitrogens with one attached hydrogen (secondary N) is 1. The summed E-state index contributed by atoms with van der Waals surface area (Å²) in [7, 11) is 0. The lowest BCUT2D eigenvalue weighted by Gasteiger charge is -2.09. The molecule has 1 aromatic heterocycles. The third-order valence-electron chi connectivity index (χ3n) is 2.46. The van der Waals surface area contributed by atoms with Crippen LogP contribution >= 0.6 is 24.0 Å². The first-order valence-electron chi connectivity index (χ1n) is 6.65. The van der Waals surface area contributed by atoms with Crippen LogP contribution in [0.1, 0.15) is 8.44 Å². The Morgan fingerprint density at radius 2 is 2.33 bits per heavy atom. The van der Waals surface area contributed by atoms with Gasteiger partial charge in [0.2, 0.25) is 0 Å². The number of thiocarbonyl (C=S) groups is 1. The highest BCUT2D eigenvalue weighted by Crippen LogP contribution is 2.32. The Labute approximate surface area is 132 Å². The molecule has 2 rings (SSSR count). The summed E-state index contributed by atoms with van der Waals surface area (Å²) in [6, 6.07) is 9.02. The van der Waals surface area contributed by atoms with Gasteiger partial charge in [0.15, 0.2) is 0 Å². The number of nitro groups is 1. The second-order valence-corrected chi connectivity index (χ2v) is 4.99. The lowest BCUT2D eigenvalue weighted by Crippen LogP contribution is -2.12. The summed E-state index contributed by atoms with van der Waals surface area (Å²) >= 11 is 5.30. The summed E-state index contributed by atoms with van der Waals surface area (Å²) in [6.07, 6.45) is 1.57. The number of nitro benzene ring substituents is 1. The van der Waals surface area contributed by atoms with Crippen molar-refractivity contribution in [3.05, 3.63) is 58.4 Å². The molecule has 0 saturated carbocycles. The summed E-state index contributed by atoms with van der Waals surface area (Å²) < 4.78 is 27.1. The molecule has 0 aliphatic carbocycles. The molecule has 0 amide bonds. The van der Waals surface area contributed by atoms with Crippen molar-refractivity contribution in [1.29, 1.82) is 0 Å². The monoisotopic (exact) mass is 324 g/mol. The van der Waals surface area contributed by atoms with Crippen LogP contribution in [0.15, 0.2) is 47.5 Å². The van der Waals surface area contributed by atoms with E-state index < -0.39 is 10.9 Å². The summed E-state index contributed by atoms with van der Waals surface area (Å²) in [5.74, 6) is -3.13. The van der Waals surface area contributed by atoms with E-state index in [0.717, 1.165) is 6.07 Å². The number of hydrogen-bond acceptors (Lipinski definition) is 5. The van der Waals surface area contributed by atoms with Crippen molar-refractivity contribution in [3.63, 3.8) is 0 Å². The Morgan fingerprint density at radius 3 is 2.95 bits per heavy atom. The molecule has 21 heavy (non-hydrogen) atoms. The van der Waals surface area contributed by atoms with E-state index in [2.05, 4.69) is 10.3 Å². The molecule has 2 aromatic rings. The highest BCUT2D eigenvalue weighted by molar-refractivity contribution is 7.99. The smallest absolute Gasteiger partial charge is 0.283 e. The maximum Gasteiger partial charge on any atom is 0.283 e. The van der Waals surface area contributed by atoms with E-state index in [9.17, 15) is 14.5 Å². The predicted molar refractivity (Wildman–Crippen MR) is 84.5 cm³/mol. The first kappa shape index (κ1) is 12.7. The van der Waals surface area contributed by atoms with Gasteiger partial charge in [0.25, 0.3) is 5.69 Å². The average Bonchev–Trinajstić information content (AvgIpc) is 2.46. The van der Waals surface area contributed by atoms with Gasteiger partial charge in [0.1, 0.15) is 10.9 Å². The second kappa shape index (κ2) is 7.09. The Kier molecular flexibility index (Phi) is 4.28. The number of alkyl halides is 1. The van der Waals surface area contributed by atoms with Gasteiger partial charge in [-0.3, -0.25) is 15.1 Å². The SMILES string of the molecule is [2H]C([2H])([18F])Sc1cc(NC(=S)c2ccccn2)ccc1[N+](=O)[O-]. The Morgan fingerprint density at radius 1 is 1.52 bits per heavy atom. The van der Waals surface area contributed by atoms with E-state index in [1.807, 2.05) is 0 Å². The predicted octanol–water partition coefficient (Wildman–Crippen LogP) is 3.80.